The third-order valence-electron chi connectivity index (χ3n) is 2.73. The highest BCUT2D eigenvalue weighted by Crippen LogP contribution is 1.85. The summed E-state index contributed by atoms with van der Waals surface area (Å²) in [5.41, 5.74) is 0. The van der Waals surface area contributed by atoms with Crippen LogP contribution in [-0.4, -0.2) is 147 Å². The summed E-state index contributed by atoms with van der Waals surface area (Å²) in [5, 5.41) is 64.1. The fourth-order valence-corrected chi connectivity index (χ4v) is 1.31. The number of ether oxygens (including phenoxy) is 4. The van der Waals surface area contributed by atoms with Gasteiger partial charge in [0.15, 0.2) is 0 Å². The van der Waals surface area contributed by atoms with Gasteiger partial charge in [-0.2, -0.15) is 0 Å². The van der Waals surface area contributed by atoms with Crippen LogP contribution in [0.1, 0.15) is 28.5 Å². The lowest BCUT2D eigenvalue weighted by Gasteiger charge is -2.03. The van der Waals surface area contributed by atoms with Gasteiger partial charge in [-0.05, 0) is 25.7 Å². The van der Waals surface area contributed by atoms with Crippen LogP contribution in [0.3, 0.4) is 0 Å². The molecular formula is C20H52O12. The topological polar surface area (TPSA) is 199 Å². The first kappa shape index (κ1) is 38.8. The fourth-order valence-electron chi connectivity index (χ4n) is 1.31. The van der Waals surface area contributed by atoms with Crippen LogP contribution in [0.2, 0.25) is 0 Å². The Morgan fingerprint density at radius 1 is 0.281 bits per heavy atom. The highest BCUT2D eigenvalue weighted by Gasteiger charge is 1.90. The summed E-state index contributed by atoms with van der Waals surface area (Å²) in [6.07, 6.45) is 2.71. The Hall–Kier alpha value is -0.480. The summed E-state index contributed by atoms with van der Waals surface area (Å²) in [5.74, 6) is 0. The highest BCUT2D eigenvalue weighted by molar-refractivity contribution is 4.36. The monoisotopic (exact) mass is 486 g/mol. The maximum Gasteiger partial charge on any atom is 0.0700 e. The van der Waals surface area contributed by atoms with Gasteiger partial charge in [0.2, 0.25) is 0 Å². The Labute approximate surface area is 194 Å². The van der Waals surface area contributed by atoms with Crippen LogP contribution in [0.5, 0.6) is 0 Å². The number of hydrogen-bond acceptors (Lipinski definition) is 12. The summed E-state index contributed by atoms with van der Waals surface area (Å²) in [6.45, 7) is 4.76. The van der Waals surface area contributed by atoms with Crippen molar-refractivity contribution in [1.82, 2.24) is 0 Å². The zero-order chi connectivity index (χ0) is 25.0. The molecule has 0 aromatic rings. The summed E-state index contributed by atoms with van der Waals surface area (Å²) in [4.78, 5) is 0. The summed E-state index contributed by atoms with van der Waals surface area (Å²) in [6, 6.07) is 0. The molecule has 0 rings (SSSR count). The van der Waals surface area contributed by atoms with E-state index in [0.717, 1.165) is 0 Å². The van der Waals surface area contributed by atoms with Gasteiger partial charge in [0, 0.05) is 55.7 Å². The molecule has 0 atom stereocenters. The zero-order valence-corrected chi connectivity index (χ0v) is 19.4. The summed E-state index contributed by atoms with van der Waals surface area (Å²) >= 11 is 0. The van der Waals surface area contributed by atoms with Gasteiger partial charge in [-0.25, -0.2) is 0 Å². The van der Waals surface area contributed by atoms with E-state index in [-0.39, 0.29) is 55.7 Å². The van der Waals surface area contributed by atoms with Gasteiger partial charge in [-0.3, -0.25) is 0 Å². The van der Waals surface area contributed by atoms with Gasteiger partial charge in [-0.1, -0.05) is 0 Å². The van der Waals surface area contributed by atoms with E-state index in [1.165, 1.54) is 0 Å². The van der Waals surface area contributed by atoms with Crippen molar-refractivity contribution in [2.45, 2.75) is 25.7 Å². The normalized spacial score (nSPS) is 9.75. The van der Waals surface area contributed by atoms with Crippen molar-refractivity contribution >= 4 is 0 Å². The Morgan fingerprint density at radius 2 is 0.469 bits per heavy atom. The lowest BCUT2D eigenvalue weighted by molar-refractivity contribution is 0.0380. The molecular weight excluding hydrogens is 432 g/mol. The summed E-state index contributed by atoms with van der Waals surface area (Å²) in [7, 11) is 0. The maximum atomic E-state index is 8.40. The molecule has 0 heterocycles. The molecule has 12 nitrogen and oxygen atoms in total. The Morgan fingerprint density at radius 3 is 0.594 bits per heavy atom. The first-order valence-electron chi connectivity index (χ1n) is 10.8. The number of rotatable bonds is 20. The fraction of sp³-hybridized carbons (Fsp3) is 1.00. The van der Waals surface area contributed by atoms with Crippen molar-refractivity contribution in [2.24, 2.45) is 0 Å². The molecule has 0 aromatic carbocycles. The molecule has 0 aromatic heterocycles. The van der Waals surface area contributed by atoms with E-state index in [4.69, 9.17) is 59.8 Å². The van der Waals surface area contributed by atoms with Crippen molar-refractivity contribution in [3.63, 3.8) is 0 Å². The molecule has 0 aliphatic rings. The Kier molecular flexibility index (Phi) is 58.2. The van der Waals surface area contributed by atoms with Crippen molar-refractivity contribution in [2.75, 3.05) is 106 Å². The number of aliphatic hydroxyl groups is 8. The number of aliphatic hydroxyl groups excluding tert-OH is 8. The molecule has 0 aliphatic carbocycles. The molecule has 32 heavy (non-hydrogen) atoms. The molecule has 0 fully saturated rings. The lowest BCUT2D eigenvalue weighted by Crippen LogP contribution is -2.07. The van der Waals surface area contributed by atoms with Gasteiger partial charge in [0.05, 0.1) is 52.9 Å². The SMILES string of the molecule is OCCCOCCOCCCO.OCCCOCCOCCCO.OCCO.OCCO.[2HH].[2HH]. The van der Waals surface area contributed by atoms with Gasteiger partial charge in [-0.15, -0.1) is 0 Å². The van der Waals surface area contributed by atoms with Crippen molar-refractivity contribution < 1.29 is 62.7 Å². The van der Waals surface area contributed by atoms with E-state index >= 15 is 0 Å². The van der Waals surface area contributed by atoms with Crippen LogP contribution >= 0.6 is 0 Å². The van der Waals surface area contributed by atoms with Gasteiger partial charge >= 0.3 is 0 Å². The predicted molar refractivity (Wildman–Crippen MR) is 123 cm³/mol. The van der Waals surface area contributed by atoms with E-state index in [2.05, 4.69) is 0 Å². The second-order valence-electron chi connectivity index (χ2n) is 5.65. The second kappa shape index (κ2) is 48.1. The Bertz CT molecular complexity index is 214. The van der Waals surface area contributed by atoms with Crippen LogP contribution in [0, 0.1) is 0 Å². The first-order chi connectivity index (χ1) is 15.7. The predicted octanol–water partition coefficient (Wildman–Crippen LogP) is -2.00. The van der Waals surface area contributed by atoms with Crippen LogP contribution in [0.4, 0.5) is 0 Å². The molecule has 0 amide bonds. The average Bonchev–Trinajstić information content (AvgIpc) is 2.83. The minimum atomic E-state index is -0.125. The maximum absolute atomic E-state index is 8.40. The largest absolute Gasteiger partial charge is 0.396 e. The zero-order valence-electron chi connectivity index (χ0n) is 19.4. The molecule has 12 heteroatoms. The van der Waals surface area contributed by atoms with Crippen molar-refractivity contribution in [1.29, 1.82) is 0 Å². The van der Waals surface area contributed by atoms with Crippen LogP contribution in [-0.2, 0) is 18.9 Å². The minimum absolute atomic E-state index is 0. The van der Waals surface area contributed by atoms with Crippen molar-refractivity contribution in [3.8, 4) is 0 Å². The Balaban J connectivity index is -0.0000000840. The minimum Gasteiger partial charge on any atom is -0.396 e. The molecule has 0 bridgehead atoms. The van der Waals surface area contributed by atoms with E-state index < -0.39 is 0 Å². The van der Waals surface area contributed by atoms with Crippen molar-refractivity contribution in [3.05, 3.63) is 0 Å². The standard InChI is InChI=1S/2C8H18O4.2C2H6O2.2H2/c2*9-3-1-5-11-7-8-12-6-2-4-10;2*3-1-2-4;;/h2*9-10H,1-8H2;2*3-4H,1-2H2;2*1H/i;;;;2*1+1. The van der Waals surface area contributed by atoms with Crippen LogP contribution in [0.25, 0.3) is 0 Å². The van der Waals surface area contributed by atoms with Crippen LogP contribution in [0.15, 0.2) is 0 Å². The second-order valence-corrected chi connectivity index (χ2v) is 5.65. The summed E-state index contributed by atoms with van der Waals surface area (Å²) < 4.78 is 20.4. The molecule has 0 radical (unpaired) electrons. The molecule has 8 N–H and O–H groups in total. The van der Waals surface area contributed by atoms with Crippen LogP contribution < -0.4 is 0 Å². The average molecular weight is 487 g/mol. The van der Waals surface area contributed by atoms with E-state index in [1.807, 2.05) is 0 Å². The molecule has 0 aliphatic heterocycles. The molecule has 0 saturated carbocycles. The lowest BCUT2D eigenvalue weighted by atomic mass is 10.5. The van der Waals surface area contributed by atoms with E-state index in [0.29, 0.717) is 78.5 Å². The molecule has 0 saturated heterocycles. The van der Waals surface area contributed by atoms with Gasteiger partial charge in [0.1, 0.15) is 0 Å². The highest BCUT2D eigenvalue weighted by atomic mass is 16.5. The molecule has 0 unspecified atom stereocenters. The van der Waals surface area contributed by atoms with Gasteiger partial charge < -0.3 is 59.8 Å². The third-order valence-corrected chi connectivity index (χ3v) is 2.73. The number of hydrogen-bond donors (Lipinski definition) is 8. The van der Waals surface area contributed by atoms with Gasteiger partial charge in [0.25, 0.3) is 0 Å². The third kappa shape index (κ3) is 63.0. The van der Waals surface area contributed by atoms with E-state index in [9.17, 15) is 0 Å². The quantitative estimate of drug-likeness (QED) is 0.0882. The molecule has 0 spiro atoms. The van der Waals surface area contributed by atoms with E-state index in [1.54, 1.807) is 0 Å². The smallest absolute Gasteiger partial charge is 0.0700 e. The first-order valence-corrected chi connectivity index (χ1v) is 10.8. The molecule has 204 valence electrons.